The molecule has 0 radical (unpaired) electrons. The highest BCUT2D eigenvalue weighted by Gasteiger charge is 2.00. The van der Waals surface area contributed by atoms with Gasteiger partial charge in [0.25, 0.3) is 0 Å². The first-order valence-corrected chi connectivity index (χ1v) is 4.26. The van der Waals surface area contributed by atoms with Crippen molar-refractivity contribution in [2.75, 3.05) is 5.73 Å². The molecule has 1 aromatic carbocycles. The van der Waals surface area contributed by atoms with E-state index in [1.54, 1.807) is 0 Å². The van der Waals surface area contributed by atoms with Crippen LogP contribution in [0, 0.1) is 0 Å². The minimum atomic E-state index is -1.08. The number of aliphatic carboxylic acids is 2. The first-order valence-electron chi connectivity index (χ1n) is 4.26. The first kappa shape index (κ1) is 13.0. The second kappa shape index (κ2) is 7.37. The van der Waals surface area contributed by atoms with Crippen molar-refractivity contribution in [3.8, 4) is 0 Å². The summed E-state index contributed by atoms with van der Waals surface area (Å²) in [5.74, 6) is -2.15. The van der Waals surface area contributed by atoms with E-state index < -0.39 is 11.9 Å². The maximum absolute atomic E-state index is 9.64. The zero-order valence-corrected chi connectivity index (χ0v) is 8.09. The minimum absolute atomic E-state index is 0.296. The van der Waals surface area contributed by atoms with E-state index in [-0.39, 0.29) is 12.8 Å². The molecule has 82 valence electrons. The standard InChI is InChI=1S/C6H7N.C4H6O4/c7-6-4-2-1-3-5-6;5-3(6)1-2-4(7)8/h1-5H,7H2;1-2H2,(H,5,6)(H,7,8). The average molecular weight is 211 g/mol. The van der Waals surface area contributed by atoms with Crippen LogP contribution in [0.25, 0.3) is 0 Å². The van der Waals surface area contributed by atoms with Gasteiger partial charge in [0.05, 0.1) is 12.8 Å². The molecule has 0 bridgehead atoms. The largest absolute Gasteiger partial charge is 0.481 e. The van der Waals surface area contributed by atoms with Crippen molar-refractivity contribution in [3.63, 3.8) is 0 Å². The number of hydrogen-bond acceptors (Lipinski definition) is 3. The summed E-state index contributed by atoms with van der Waals surface area (Å²) in [6.07, 6.45) is -0.593. The lowest BCUT2D eigenvalue weighted by Gasteiger charge is -1.85. The van der Waals surface area contributed by atoms with Gasteiger partial charge in [0.1, 0.15) is 0 Å². The van der Waals surface area contributed by atoms with Crippen LogP contribution in [0.3, 0.4) is 0 Å². The fourth-order valence-corrected chi connectivity index (χ4v) is 0.667. The van der Waals surface area contributed by atoms with E-state index in [1.807, 2.05) is 30.3 Å². The lowest BCUT2D eigenvalue weighted by Crippen LogP contribution is -2.00. The maximum atomic E-state index is 9.64. The zero-order chi connectivity index (χ0) is 11.7. The van der Waals surface area contributed by atoms with Crippen LogP contribution < -0.4 is 5.73 Å². The summed E-state index contributed by atoms with van der Waals surface area (Å²) in [5.41, 5.74) is 6.18. The number of nitrogens with two attached hydrogens (primary N) is 1. The van der Waals surface area contributed by atoms with Gasteiger partial charge >= 0.3 is 11.9 Å². The van der Waals surface area contributed by atoms with Gasteiger partial charge in [-0.1, -0.05) is 18.2 Å². The molecule has 0 unspecified atom stereocenters. The van der Waals surface area contributed by atoms with Gasteiger partial charge in [0.15, 0.2) is 0 Å². The monoisotopic (exact) mass is 211 g/mol. The van der Waals surface area contributed by atoms with Gasteiger partial charge in [-0.25, -0.2) is 0 Å². The molecule has 0 atom stereocenters. The van der Waals surface area contributed by atoms with Crippen LogP contribution in [0.4, 0.5) is 5.69 Å². The van der Waals surface area contributed by atoms with Crippen LogP contribution in [-0.4, -0.2) is 22.2 Å². The van der Waals surface area contributed by atoms with Crippen molar-refractivity contribution in [1.29, 1.82) is 0 Å². The van der Waals surface area contributed by atoms with E-state index in [1.165, 1.54) is 0 Å². The molecule has 0 aliphatic carbocycles. The lowest BCUT2D eigenvalue weighted by atomic mass is 10.3. The topological polar surface area (TPSA) is 101 Å². The Morgan fingerprint density at radius 2 is 1.40 bits per heavy atom. The molecule has 1 aromatic rings. The normalized spacial score (nSPS) is 8.53. The van der Waals surface area contributed by atoms with Crippen LogP contribution in [-0.2, 0) is 9.59 Å². The van der Waals surface area contributed by atoms with Crippen molar-refractivity contribution >= 4 is 17.6 Å². The Balaban J connectivity index is 0.000000262. The van der Waals surface area contributed by atoms with Gasteiger partial charge in [-0.3, -0.25) is 9.59 Å². The summed E-state index contributed by atoms with van der Waals surface area (Å²) >= 11 is 0. The van der Waals surface area contributed by atoms with Gasteiger partial charge in [-0.2, -0.15) is 0 Å². The molecule has 0 saturated heterocycles. The number of para-hydroxylation sites is 1. The smallest absolute Gasteiger partial charge is 0.303 e. The van der Waals surface area contributed by atoms with E-state index in [0.717, 1.165) is 5.69 Å². The molecule has 0 spiro atoms. The Morgan fingerprint density at radius 3 is 1.60 bits per heavy atom. The van der Waals surface area contributed by atoms with Crippen LogP contribution in [0.15, 0.2) is 30.3 Å². The van der Waals surface area contributed by atoms with Crippen molar-refractivity contribution in [2.24, 2.45) is 0 Å². The molecule has 0 saturated carbocycles. The number of carboxylic acid groups (broad SMARTS) is 2. The van der Waals surface area contributed by atoms with Gasteiger partial charge < -0.3 is 15.9 Å². The fourth-order valence-electron chi connectivity index (χ4n) is 0.667. The Bertz CT molecular complexity index is 296. The quantitative estimate of drug-likeness (QED) is 0.652. The average Bonchev–Trinajstić information content (AvgIpc) is 2.17. The molecule has 0 aliphatic heterocycles. The molecule has 0 amide bonds. The van der Waals surface area contributed by atoms with Gasteiger partial charge in [-0.05, 0) is 12.1 Å². The number of hydrogen-bond donors (Lipinski definition) is 3. The number of benzene rings is 1. The predicted molar refractivity (Wildman–Crippen MR) is 55.4 cm³/mol. The predicted octanol–water partition coefficient (Wildman–Crippen LogP) is 1.20. The third kappa shape index (κ3) is 9.88. The van der Waals surface area contributed by atoms with E-state index in [9.17, 15) is 9.59 Å². The zero-order valence-electron chi connectivity index (χ0n) is 8.09. The Kier molecular flexibility index (Phi) is 6.37. The summed E-state index contributed by atoms with van der Waals surface area (Å²) in [5, 5.41) is 15.8. The lowest BCUT2D eigenvalue weighted by molar-refractivity contribution is -0.143. The van der Waals surface area contributed by atoms with Crippen molar-refractivity contribution < 1.29 is 19.8 Å². The van der Waals surface area contributed by atoms with Gasteiger partial charge in [-0.15, -0.1) is 0 Å². The van der Waals surface area contributed by atoms with Crippen molar-refractivity contribution in [1.82, 2.24) is 0 Å². The first-order chi connectivity index (χ1) is 7.02. The summed E-state index contributed by atoms with van der Waals surface area (Å²) in [4.78, 5) is 19.3. The maximum Gasteiger partial charge on any atom is 0.303 e. The van der Waals surface area contributed by atoms with E-state index >= 15 is 0 Å². The Labute approximate surface area is 87.1 Å². The summed E-state index contributed by atoms with van der Waals surface area (Å²) in [7, 11) is 0. The van der Waals surface area contributed by atoms with Crippen molar-refractivity contribution in [3.05, 3.63) is 30.3 Å². The number of carbonyl (C=O) groups is 2. The minimum Gasteiger partial charge on any atom is -0.481 e. The second-order valence-electron chi connectivity index (χ2n) is 2.70. The van der Waals surface area contributed by atoms with Crippen LogP contribution >= 0.6 is 0 Å². The Hall–Kier alpha value is -2.04. The van der Waals surface area contributed by atoms with Crippen LogP contribution in [0.5, 0.6) is 0 Å². The molecule has 0 aromatic heterocycles. The van der Waals surface area contributed by atoms with E-state index in [2.05, 4.69) is 0 Å². The molecular weight excluding hydrogens is 198 g/mol. The molecule has 0 fully saturated rings. The molecular formula is C10H13NO4. The highest BCUT2D eigenvalue weighted by atomic mass is 16.4. The third-order valence-corrected chi connectivity index (χ3v) is 1.35. The second-order valence-corrected chi connectivity index (χ2v) is 2.70. The number of anilines is 1. The highest BCUT2D eigenvalue weighted by Crippen LogP contribution is 1.95. The molecule has 0 heterocycles. The Morgan fingerprint density at radius 1 is 1.00 bits per heavy atom. The molecule has 1 rings (SSSR count). The summed E-state index contributed by atoms with van der Waals surface area (Å²) in [6.45, 7) is 0. The van der Waals surface area contributed by atoms with Crippen molar-refractivity contribution in [2.45, 2.75) is 12.8 Å². The summed E-state index contributed by atoms with van der Waals surface area (Å²) in [6, 6.07) is 9.49. The van der Waals surface area contributed by atoms with Crippen LogP contribution in [0.2, 0.25) is 0 Å². The molecule has 5 nitrogen and oxygen atoms in total. The number of rotatable bonds is 3. The third-order valence-electron chi connectivity index (χ3n) is 1.35. The molecule has 4 N–H and O–H groups in total. The van der Waals surface area contributed by atoms with Gasteiger partial charge in [0.2, 0.25) is 0 Å². The molecule has 5 heteroatoms. The number of carboxylic acids is 2. The number of nitrogen functional groups attached to an aromatic ring is 1. The van der Waals surface area contributed by atoms with Gasteiger partial charge in [0, 0.05) is 5.69 Å². The fraction of sp³-hybridized carbons (Fsp3) is 0.200. The SMILES string of the molecule is Nc1ccccc1.O=C(O)CCC(=O)O. The summed E-state index contributed by atoms with van der Waals surface area (Å²) < 4.78 is 0. The molecule has 0 aliphatic rings. The van der Waals surface area contributed by atoms with Crippen LogP contribution in [0.1, 0.15) is 12.8 Å². The highest BCUT2D eigenvalue weighted by molar-refractivity contribution is 5.75. The van der Waals surface area contributed by atoms with E-state index in [4.69, 9.17) is 15.9 Å². The molecule has 15 heavy (non-hydrogen) atoms. The van der Waals surface area contributed by atoms with E-state index in [0.29, 0.717) is 0 Å².